The number of thioether (sulfide) groups is 1. The van der Waals surface area contributed by atoms with Gasteiger partial charge in [0.25, 0.3) is 0 Å². The zero-order chi connectivity index (χ0) is 15.4. The zero-order valence-electron chi connectivity index (χ0n) is 12.7. The van der Waals surface area contributed by atoms with Crippen molar-refractivity contribution < 1.29 is 5.11 Å². The summed E-state index contributed by atoms with van der Waals surface area (Å²) in [7, 11) is 0. The van der Waals surface area contributed by atoms with E-state index < -0.39 is 5.72 Å². The molecule has 1 unspecified atom stereocenters. The average molecular weight is 322 g/mol. The summed E-state index contributed by atoms with van der Waals surface area (Å²) in [6.07, 6.45) is 2.11. The third kappa shape index (κ3) is 1.85. The second kappa shape index (κ2) is 4.86. The van der Waals surface area contributed by atoms with Crippen LogP contribution < -0.4 is 0 Å². The van der Waals surface area contributed by atoms with E-state index in [-0.39, 0.29) is 12.1 Å². The van der Waals surface area contributed by atoms with Crippen molar-refractivity contribution in [1.82, 2.24) is 4.90 Å². The molecule has 1 N–H and O–H groups in total. The van der Waals surface area contributed by atoms with Gasteiger partial charge in [0.15, 0.2) is 10.9 Å². The molecular formula is C19H18N2OS. The van der Waals surface area contributed by atoms with Gasteiger partial charge in [-0.1, -0.05) is 66.4 Å². The predicted molar refractivity (Wildman–Crippen MR) is 93.4 cm³/mol. The number of rotatable bonds is 1. The summed E-state index contributed by atoms with van der Waals surface area (Å²) in [6.45, 7) is 0. The standard InChI is InChI=1S/C19H18N2OS/c22-19(14-7-2-1-3-8-14)12-23-18-20-17-15-9-5-4-6-13(15)10-11-16(17)21(18)19/h1-9,16-17,22H,10-12H2/t16-,17-,19?/m1/s1. The minimum Gasteiger partial charge on any atom is -0.366 e. The molecule has 1 aliphatic carbocycles. The first-order valence-electron chi connectivity index (χ1n) is 8.13. The number of hydrogen-bond acceptors (Lipinski definition) is 4. The smallest absolute Gasteiger partial charge is 0.175 e. The van der Waals surface area contributed by atoms with Crippen LogP contribution in [0, 0.1) is 0 Å². The molecule has 1 fully saturated rings. The molecule has 0 saturated carbocycles. The molecule has 3 aliphatic rings. The van der Waals surface area contributed by atoms with Crippen molar-refractivity contribution in [2.75, 3.05) is 5.75 Å². The highest BCUT2D eigenvalue weighted by Gasteiger charge is 2.54. The number of amidine groups is 1. The van der Waals surface area contributed by atoms with Gasteiger partial charge in [-0.3, -0.25) is 4.99 Å². The van der Waals surface area contributed by atoms with Gasteiger partial charge in [-0.15, -0.1) is 0 Å². The summed E-state index contributed by atoms with van der Waals surface area (Å²) in [5, 5.41) is 12.4. The Labute approximate surface area is 140 Å². The SMILES string of the molecule is OC1(c2ccccc2)CSC2=N[C@@H]3c4ccccc4CC[C@H]3N21. The molecule has 2 aliphatic heterocycles. The highest BCUT2D eigenvalue weighted by Crippen LogP contribution is 2.51. The van der Waals surface area contributed by atoms with Gasteiger partial charge >= 0.3 is 0 Å². The van der Waals surface area contributed by atoms with Gasteiger partial charge in [-0.2, -0.15) is 0 Å². The van der Waals surface area contributed by atoms with E-state index in [1.807, 2.05) is 30.3 Å². The number of fused-ring (bicyclic) bond motifs is 5. The number of hydrogen-bond donors (Lipinski definition) is 1. The Hall–Kier alpha value is -1.78. The Morgan fingerprint density at radius 3 is 2.74 bits per heavy atom. The number of benzene rings is 2. The van der Waals surface area contributed by atoms with Crippen LogP contribution in [0.15, 0.2) is 59.6 Å². The summed E-state index contributed by atoms with van der Waals surface area (Å²) in [4.78, 5) is 7.17. The van der Waals surface area contributed by atoms with Crippen LogP contribution in [0.4, 0.5) is 0 Å². The van der Waals surface area contributed by atoms with E-state index in [0.717, 1.165) is 23.6 Å². The van der Waals surface area contributed by atoms with Gasteiger partial charge in [0.2, 0.25) is 0 Å². The second-order valence-corrected chi connectivity index (χ2v) is 7.45. The van der Waals surface area contributed by atoms with Crippen molar-refractivity contribution in [2.24, 2.45) is 4.99 Å². The van der Waals surface area contributed by atoms with Crippen molar-refractivity contribution in [2.45, 2.75) is 30.7 Å². The summed E-state index contributed by atoms with van der Waals surface area (Å²) in [6, 6.07) is 19.1. The largest absolute Gasteiger partial charge is 0.366 e. The van der Waals surface area contributed by atoms with Crippen LogP contribution in [0.25, 0.3) is 0 Å². The van der Waals surface area contributed by atoms with Gasteiger partial charge in [0.1, 0.15) is 0 Å². The zero-order valence-corrected chi connectivity index (χ0v) is 13.5. The highest BCUT2D eigenvalue weighted by atomic mass is 32.2. The fourth-order valence-electron chi connectivity index (χ4n) is 4.17. The number of aliphatic imine (C=N–C) groups is 1. The quantitative estimate of drug-likeness (QED) is 0.875. The lowest BCUT2D eigenvalue weighted by Crippen LogP contribution is -2.50. The lowest BCUT2D eigenvalue weighted by molar-refractivity contribution is -0.0680. The third-order valence-electron chi connectivity index (χ3n) is 5.27. The van der Waals surface area contributed by atoms with Gasteiger partial charge in [-0.25, -0.2) is 0 Å². The van der Waals surface area contributed by atoms with Crippen molar-refractivity contribution in [3.8, 4) is 0 Å². The lowest BCUT2D eigenvalue weighted by Gasteiger charge is -2.40. The first-order chi connectivity index (χ1) is 11.3. The topological polar surface area (TPSA) is 35.8 Å². The van der Waals surface area contributed by atoms with Crippen molar-refractivity contribution >= 4 is 16.9 Å². The van der Waals surface area contributed by atoms with Gasteiger partial charge in [0, 0.05) is 5.56 Å². The molecule has 3 nitrogen and oxygen atoms in total. The molecular weight excluding hydrogens is 304 g/mol. The van der Waals surface area contributed by atoms with E-state index in [1.165, 1.54) is 11.1 Å². The molecule has 4 heteroatoms. The minimum absolute atomic E-state index is 0.165. The molecule has 5 rings (SSSR count). The Morgan fingerprint density at radius 2 is 1.87 bits per heavy atom. The van der Waals surface area contributed by atoms with Crippen LogP contribution in [-0.2, 0) is 12.1 Å². The monoisotopic (exact) mass is 322 g/mol. The van der Waals surface area contributed by atoms with Crippen LogP contribution in [0.1, 0.15) is 29.2 Å². The van der Waals surface area contributed by atoms with Crippen LogP contribution in [-0.4, -0.2) is 27.0 Å². The van der Waals surface area contributed by atoms with Gasteiger partial charge in [0.05, 0.1) is 17.8 Å². The van der Waals surface area contributed by atoms with E-state index >= 15 is 0 Å². The Kier molecular flexibility index (Phi) is 2.88. The molecule has 1 saturated heterocycles. The van der Waals surface area contributed by atoms with Crippen molar-refractivity contribution in [1.29, 1.82) is 0 Å². The highest BCUT2D eigenvalue weighted by molar-refractivity contribution is 8.14. The molecule has 2 aromatic carbocycles. The maximum absolute atomic E-state index is 11.4. The minimum atomic E-state index is -0.934. The normalized spacial score (nSPS) is 31.3. The molecule has 116 valence electrons. The maximum atomic E-state index is 11.4. The molecule has 2 heterocycles. The molecule has 23 heavy (non-hydrogen) atoms. The number of aryl methyl sites for hydroxylation is 1. The van der Waals surface area contributed by atoms with Crippen LogP contribution in [0.3, 0.4) is 0 Å². The van der Waals surface area contributed by atoms with Crippen LogP contribution >= 0.6 is 11.8 Å². The fourth-order valence-corrected chi connectivity index (χ4v) is 5.42. The second-order valence-electron chi connectivity index (χ2n) is 6.50. The summed E-state index contributed by atoms with van der Waals surface area (Å²) < 4.78 is 0. The maximum Gasteiger partial charge on any atom is 0.175 e. The van der Waals surface area contributed by atoms with Gasteiger partial charge in [-0.05, 0) is 24.0 Å². The van der Waals surface area contributed by atoms with E-state index in [9.17, 15) is 5.11 Å². The number of nitrogens with zero attached hydrogens (tertiary/aromatic N) is 2. The van der Waals surface area contributed by atoms with Crippen molar-refractivity contribution in [3.63, 3.8) is 0 Å². The van der Waals surface area contributed by atoms with Crippen LogP contribution in [0.5, 0.6) is 0 Å². The summed E-state index contributed by atoms with van der Waals surface area (Å²) in [5.74, 6) is 0.653. The summed E-state index contributed by atoms with van der Waals surface area (Å²) >= 11 is 1.68. The Balaban J connectivity index is 1.59. The lowest BCUT2D eigenvalue weighted by atomic mass is 9.83. The number of aliphatic hydroxyl groups is 1. The van der Waals surface area contributed by atoms with Gasteiger partial charge < -0.3 is 10.0 Å². The van der Waals surface area contributed by atoms with Crippen LogP contribution in [0.2, 0.25) is 0 Å². The first-order valence-corrected chi connectivity index (χ1v) is 9.11. The Morgan fingerprint density at radius 1 is 1.09 bits per heavy atom. The molecule has 2 aromatic rings. The average Bonchev–Trinajstić information content (AvgIpc) is 3.15. The van der Waals surface area contributed by atoms with Crippen molar-refractivity contribution in [3.05, 3.63) is 71.3 Å². The fraction of sp³-hybridized carbons (Fsp3) is 0.316. The molecule has 0 spiro atoms. The molecule has 0 bridgehead atoms. The molecule has 0 radical (unpaired) electrons. The molecule has 0 aromatic heterocycles. The Bertz CT molecular complexity index is 791. The summed E-state index contributed by atoms with van der Waals surface area (Å²) in [5.41, 5.74) is 2.78. The molecule has 3 atom stereocenters. The van der Waals surface area contributed by atoms with E-state index in [4.69, 9.17) is 4.99 Å². The van der Waals surface area contributed by atoms with E-state index in [0.29, 0.717) is 5.75 Å². The first kappa shape index (κ1) is 13.6. The molecule has 0 amide bonds. The third-order valence-corrected chi connectivity index (χ3v) is 6.38. The van der Waals surface area contributed by atoms with E-state index in [1.54, 1.807) is 11.8 Å². The predicted octanol–water partition coefficient (Wildman–Crippen LogP) is 3.31. The van der Waals surface area contributed by atoms with E-state index in [2.05, 4.69) is 29.2 Å².